The Kier molecular flexibility index (Phi) is 4.71. The van der Waals surface area contributed by atoms with Crippen LogP contribution in [0.25, 0.3) is 0 Å². The summed E-state index contributed by atoms with van der Waals surface area (Å²) < 4.78 is 0. The van der Waals surface area contributed by atoms with E-state index in [9.17, 15) is 19.8 Å². The van der Waals surface area contributed by atoms with Gasteiger partial charge in [0.15, 0.2) is 0 Å². The number of aliphatic hydroxyl groups is 1. The Balaban J connectivity index is 1.87. The smallest absolute Gasteiger partial charge is 0.317 e. The lowest BCUT2D eigenvalue weighted by atomic mass is 9.90. The number of hydrogen-bond acceptors (Lipinski definition) is 3. The van der Waals surface area contributed by atoms with Gasteiger partial charge in [-0.1, -0.05) is 24.3 Å². The van der Waals surface area contributed by atoms with E-state index >= 15 is 0 Å². The summed E-state index contributed by atoms with van der Waals surface area (Å²) in [7, 11) is 0. The van der Waals surface area contributed by atoms with Gasteiger partial charge in [0.2, 0.25) is 0 Å². The third-order valence-corrected chi connectivity index (χ3v) is 4.18. The standard InChI is InChI=1S/C16H22N2O4/c1-11(19)13-5-3-12(4-6-13)9-17-15(22)18-8-7-16(2,10-18)14(20)21/h3-6,11,19H,7-10H2,1-2H3,(H,17,22)(H,20,21). The van der Waals surface area contributed by atoms with Crippen LogP contribution in [0.5, 0.6) is 0 Å². The Labute approximate surface area is 129 Å². The van der Waals surface area contributed by atoms with E-state index in [1.165, 1.54) is 4.90 Å². The number of nitrogens with one attached hydrogen (secondary N) is 1. The lowest BCUT2D eigenvalue weighted by molar-refractivity contribution is -0.147. The molecule has 22 heavy (non-hydrogen) atoms. The van der Waals surface area contributed by atoms with Crippen molar-refractivity contribution >= 4 is 12.0 Å². The zero-order valence-corrected chi connectivity index (χ0v) is 12.9. The van der Waals surface area contributed by atoms with Crippen molar-refractivity contribution in [2.45, 2.75) is 32.9 Å². The monoisotopic (exact) mass is 306 g/mol. The van der Waals surface area contributed by atoms with Crippen molar-refractivity contribution in [1.82, 2.24) is 10.2 Å². The molecule has 0 spiro atoms. The number of aliphatic hydroxyl groups excluding tert-OH is 1. The Hall–Kier alpha value is -2.08. The molecular formula is C16H22N2O4. The van der Waals surface area contributed by atoms with Crippen LogP contribution in [0.4, 0.5) is 4.79 Å². The lowest BCUT2D eigenvalue weighted by Gasteiger charge is -2.20. The van der Waals surface area contributed by atoms with Crippen molar-refractivity contribution in [3.05, 3.63) is 35.4 Å². The number of aliphatic carboxylic acids is 1. The summed E-state index contributed by atoms with van der Waals surface area (Å²) in [5, 5.41) is 21.4. The quantitative estimate of drug-likeness (QED) is 0.790. The highest BCUT2D eigenvalue weighted by Crippen LogP contribution is 2.29. The number of urea groups is 1. The van der Waals surface area contributed by atoms with Crippen molar-refractivity contribution < 1.29 is 19.8 Å². The van der Waals surface area contributed by atoms with Crippen LogP contribution in [0.2, 0.25) is 0 Å². The van der Waals surface area contributed by atoms with Crippen molar-refractivity contribution in [3.63, 3.8) is 0 Å². The van der Waals surface area contributed by atoms with Crippen molar-refractivity contribution in [3.8, 4) is 0 Å². The SMILES string of the molecule is CC(O)c1ccc(CNC(=O)N2CCC(C)(C(=O)O)C2)cc1. The highest BCUT2D eigenvalue weighted by Gasteiger charge is 2.42. The maximum absolute atomic E-state index is 12.1. The Morgan fingerprint density at radius 2 is 2.00 bits per heavy atom. The summed E-state index contributed by atoms with van der Waals surface area (Å²) in [6.45, 7) is 4.42. The van der Waals surface area contributed by atoms with E-state index in [2.05, 4.69) is 5.32 Å². The number of carbonyl (C=O) groups is 2. The summed E-state index contributed by atoms with van der Waals surface area (Å²) >= 11 is 0. The zero-order valence-electron chi connectivity index (χ0n) is 12.9. The van der Waals surface area contributed by atoms with Crippen molar-refractivity contribution in [2.24, 2.45) is 5.41 Å². The maximum Gasteiger partial charge on any atom is 0.317 e. The van der Waals surface area contributed by atoms with E-state index in [1.54, 1.807) is 13.8 Å². The normalized spacial score (nSPS) is 22.4. The molecule has 2 unspecified atom stereocenters. The molecule has 0 bridgehead atoms. The summed E-state index contributed by atoms with van der Waals surface area (Å²) in [5.74, 6) is -0.864. The second kappa shape index (κ2) is 6.36. The van der Waals surface area contributed by atoms with E-state index in [4.69, 9.17) is 0 Å². The average Bonchev–Trinajstić information content (AvgIpc) is 2.89. The van der Waals surface area contributed by atoms with Gasteiger partial charge in [0.25, 0.3) is 0 Å². The predicted octanol–water partition coefficient (Wildman–Crippen LogP) is 1.75. The Morgan fingerprint density at radius 3 is 2.50 bits per heavy atom. The molecule has 2 amide bonds. The molecule has 0 aliphatic carbocycles. The summed E-state index contributed by atoms with van der Waals surface area (Å²) in [6.07, 6.45) is -0.0410. The molecule has 1 heterocycles. The average molecular weight is 306 g/mol. The second-order valence-electron chi connectivity index (χ2n) is 6.11. The molecule has 0 saturated carbocycles. The van der Waals surface area contributed by atoms with Gasteiger partial charge >= 0.3 is 12.0 Å². The van der Waals surface area contributed by atoms with Gasteiger partial charge in [-0.25, -0.2) is 4.79 Å². The number of rotatable bonds is 4. The summed E-state index contributed by atoms with van der Waals surface area (Å²) in [4.78, 5) is 24.8. The number of carbonyl (C=O) groups excluding carboxylic acids is 1. The van der Waals surface area contributed by atoms with Gasteiger partial charge in [0.1, 0.15) is 0 Å². The van der Waals surface area contributed by atoms with Crippen molar-refractivity contribution in [2.75, 3.05) is 13.1 Å². The molecule has 1 aromatic carbocycles. The summed E-state index contributed by atoms with van der Waals surface area (Å²) in [5.41, 5.74) is 0.903. The van der Waals surface area contributed by atoms with Crippen molar-refractivity contribution in [1.29, 1.82) is 0 Å². The van der Waals surface area contributed by atoms with Crippen LogP contribution >= 0.6 is 0 Å². The highest BCUT2D eigenvalue weighted by molar-refractivity contribution is 5.79. The first-order valence-corrected chi connectivity index (χ1v) is 7.35. The fourth-order valence-corrected chi connectivity index (χ4v) is 2.51. The van der Waals surface area contributed by atoms with Gasteiger partial charge in [-0.15, -0.1) is 0 Å². The highest BCUT2D eigenvalue weighted by atomic mass is 16.4. The van der Waals surface area contributed by atoms with Gasteiger partial charge in [0.05, 0.1) is 11.5 Å². The van der Waals surface area contributed by atoms with E-state index < -0.39 is 17.5 Å². The van der Waals surface area contributed by atoms with Crippen LogP contribution in [0.1, 0.15) is 37.5 Å². The van der Waals surface area contributed by atoms with Crippen LogP contribution in [0.3, 0.4) is 0 Å². The van der Waals surface area contributed by atoms with Gasteiger partial charge in [-0.05, 0) is 31.4 Å². The molecule has 2 rings (SSSR count). The Morgan fingerprint density at radius 1 is 1.36 bits per heavy atom. The molecule has 1 fully saturated rings. The molecule has 2 atom stereocenters. The molecule has 0 aromatic heterocycles. The predicted molar refractivity (Wildman–Crippen MR) is 81.2 cm³/mol. The lowest BCUT2D eigenvalue weighted by Crippen LogP contribution is -2.40. The maximum atomic E-state index is 12.1. The molecular weight excluding hydrogens is 284 g/mol. The number of likely N-dealkylation sites (tertiary alicyclic amines) is 1. The number of carboxylic acids is 1. The molecule has 1 aliphatic rings. The number of nitrogens with zero attached hydrogens (tertiary/aromatic N) is 1. The molecule has 6 nitrogen and oxygen atoms in total. The molecule has 3 N–H and O–H groups in total. The van der Waals surface area contributed by atoms with Crippen LogP contribution in [0, 0.1) is 5.41 Å². The minimum atomic E-state index is -0.864. The van der Waals surface area contributed by atoms with Gasteiger partial charge in [0, 0.05) is 19.6 Å². The first-order chi connectivity index (χ1) is 10.3. The van der Waals surface area contributed by atoms with Crippen LogP contribution in [-0.2, 0) is 11.3 Å². The fraction of sp³-hybridized carbons (Fsp3) is 0.500. The molecule has 1 aromatic rings. The Bertz CT molecular complexity index is 556. The third-order valence-electron chi connectivity index (χ3n) is 4.18. The van der Waals surface area contributed by atoms with Crippen LogP contribution in [-0.4, -0.2) is 40.2 Å². The minimum Gasteiger partial charge on any atom is -0.481 e. The largest absolute Gasteiger partial charge is 0.481 e. The van der Waals surface area contributed by atoms with E-state index in [-0.39, 0.29) is 12.6 Å². The van der Waals surface area contributed by atoms with Gasteiger partial charge < -0.3 is 20.4 Å². The van der Waals surface area contributed by atoms with Crippen LogP contribution < -0.4 is 5.32 Å². The number of hydrogen-bond donors (Lipinski definition) is 3. The fourth-order valence-electron chi connectivity index (χ4n) is 2.51. The summed E-state index contributed by atoms with van der Waals surface area (Å²) in [6, 6.07) is 7.11. The number of benzene rings is 1. The molecule has 0 radical (unpaired) electrons. The van der Waals surface area contributed by atoms with Gasteiger partial charge in [-0.2, -0.15) is 0 Å². The van der Waals surface area contributed by atoms with E-state index in [1.807, 2.05) is 24.3 Å². The second-order valence-corrected chi connectivity index (χ2v) is 6.11. The topological polar surface area (TPSA) is 89.9 Å². The molecule has 6 heteroatoms. The number of amides is 2. The first-order valence-electron chi connectivity index (χ1n) is 7.35. The van der Waals surface area contributed by atoms with Crippen LogP contribution in [0.15, 0.2) is 24.3 Å². The minimum absolute atomic E-state index is 0.231. The molecule has 1 saturated heterocycles. The first kappa shape index (κ1) is 16.3. The molecule has 120 valence electrons. The zero-order chi connectivity index (χ0) is 16.3. The third kappa shape index (κ3) is 3.57. The molecule has 1 aliphatic heterocycles. The van der Waals surface area contributed by atoms with E-state index in [0.29, 0.717) is 19.5 Å². The van der Waals surface area contributed by atoms with E-state index in [0.717, 1.165) is 11.1 Å². The van der Waals surface area contributed by atoms with Gasteiger partial charge in [-0.3, -0.25) is 4.79 Å². The number of carboxylic acid groups (broad SMARTS) is 1.